The fraction of sp³-hybridized carbons (Fsp3) is 0.667. The Hall–Kier alpha value is -1.34. The normalized spacial score (nSPS) is 19.2. The minimum absolute atomic E-state index is 0.00836. The predicted molar refractivity (Wildman–Crippen MR) is 115 cm³/mol. The molecule has 0 spiro atoms. The first kappa shape index (κ1) is 18.7. The molecule has 1 amide bonds. The number of nitrogens with zero attached hydrogens (tertiary/aromatic N) is 2. The number of nitrogens with one attached hydrogen (secondary N) is 1. The number of hydrogen-bond donors (Lipinski definition) is 1. The fourth-order valence-corrected chi connectivity index (χ4v) is 6.76. The van der Waals surface area contributed by atoms with Gasteiger partial charge in [-0.3, -0.25) is 9.59 Å². The third-order valence-electron chi connectivity index (χ3n) is 6.39. The second kappa shape index (κ2) is 7.48. The second-order valence-electron chi connectivity index (χ2n) is 8.57. The molecule has 0 atom stereocenters. The molecule has 2 aromatic heterocycles. The fourth-order valence-electron chi connectivity index (χ4n) is 4.67. The first-order valence-corrected chi connectivity index (χ1v) is 12.5. The predicted octanol–water partition coefficient (Wildman–Crippen LogP) is 3.74. The molecule has 2 saturated carbocycles. The number of thioether (sulfide) groups is 1. The quantitative estimate of drug-likeness (QED) is 0.745. The van der Waals surface area contributed by atoms with E-state index in [-0.39, 0.29) is 11.5 Å². The van der Waals surface area contributed by atoms with Crippen LogP contribution in [0.5, 0.6) is 0 Å². The Morgan fingerprint density at radius 1 is 1.25 bits per heavy atom. The van der Waals surface area contributed by atoms with Crippen molar-refractivity contribution in [2.75, 3.05) is 12.8 Å². The van der Waals surface area contributed by atoms with Crippen LogP contribution in [0.4, 0.5) is 0 Å². The van der Waals surface area contributed by atoms with Gasteiger partial charge in [0.2, 0.25) is 5.91 Å². The lowest BCUT2D eigenvalue weighted by molar-refractivity contribution is -0.130. The topological polar surface area (TPSA) is 66.1 Å². The van der Waals surface area contributed by atoms with Crippen molar-refractivity contribution in [1.29, 1.82) is 0 Å². The SMILES string of the molecule is CN(C(=O)CSCc1nc2sc3c(c2c(=O)[nH]1)CCCC3)C(C1CC1)C1CC1. The molecule has 28 heavy (non-hydrogen) atoms. The van der Waals surface area contributed by atoms with Crippen molar-refractivity contribution in [3.8, 4) is 0 Å². The zero-order chi connectivity index (χ0) is 19.3. The Kier molecular flexibility index (Phi) is 4.99. The molecular weight excluding hydrogens is 390 g/mol. The lowest BCUT2D eigenvalue weighted by Crippen LogP contribution is -2.41. The number of aromatic amines is 1. The van der Waals surface area contributed by atoms with Crippen LogP contribution in [0.15, 0.2) is 4.79 Å². The average Bonchev–Trinajstić information content (AvgIpc) is 3.60. The van der Waals surface area contributed by atoms with Gasteiger partial charge in [0.05, 0.1) is 16.9 Å². The second-order valence-corrected chi connectivity index (χ2v) is 10.6. The lowest BCUT2D eigenvalue weighted by atomic mass is 9.97. The summed E-state index contributed by atoms with van der Waals surface area (Å²) >= 11 is 3.24. The van der Waals surface area contributed by atoms with Crippen molar-refractivity contribution >= 4 is 39.2 Å². The van der Waals surface area contributed by atoms with Crippen LogP contribution < -0.4 is 5.56 Å². The molecule has 3 aliphatic rings. The van der Waals surface area contributed by atoms with Crippen LogP contribution in [-0.4, -0.2) is 39.6 Å². The van der Waals surface area contributed by atoms with Crippen LogP contribution in [0.3, 0.4) is 0 Å². The lowest BCUT2D eigenvalue weighted by Gasteiger charge is -2.28. The third kappa shape index (κ3) is 3.63. The molecule has 0 unspecified atom stereocenters. The van der Waals surface area contributed by atoms with Gasteiger partial charge in [0.15, 0.2) is 0 Å². The molecule has 0 saturated heterocycles. The Morgan fingerprint density at radius 3 is 2.68 bits per heavy atom. The monoisotopic (exact) mass is 417 g/mol. The summed E-state index contributed by atoms with van der Waals surface area (Å²) < 4.78 is 0. The zero-order valence-corrected chi connectivity index (χ0v) is 18.0. The average molecular weight is 418 g/mol. The Balaban J connectivity index is 1.23. The molecule has 2 heterocycles. The molecule has 2 fully saturated rings. The number of carbonyl (C=O) groups excluding carboxylic acids is 1. The molecule has 2 aromatic rings. The standard InChI is InChI=1S/C21H27N3O2S2/c1-24(19(12-6-7-12)13-8-9-13)17(25)11-27-10-16-22-20(26)18-14-4-2-3-5-15(14)28-21(18)23-16/h12-13,19H,2-11H2,1H3,(H,22,23,26). The number of carbonyl (C=O) groups is 1. The summed E-state index contributed by atoms with van der Waals surface area (Å²) in [7, 11) is 1.98. The van der Waals surface area contributed by atoms with Crippen molar-refractivity contribution in [2.24, 2.45) is 11.8 Å². The summed E-state index contributed by atoms with van der Waals surface area (Å²) in [5.74, 6) is 3.40. The first-order chi connectivity index (χ1) is 13.6. The maximum atomic E-state index is 12.7. The van der Waals surface area contributed by atoms with Gasteiger partial charge in [-0.2, -0.15) is 0 Å². The van der Waals surface area contributed by atoms with Crippen LogP contribution in [0.2, 0.25) is 0 Å². The summed E-state index contributed by atoms with van der Waals surface area (Å²) in [6.07, 6.45) is 9.56. The van der Waals surface area contributed by atoms with Gasteiger partial charge in [0.25, 0.3) is 5.56 Å². The van der Waals surface area contributed by atoms with E-state index in [4.69, 9.17) is 4.98 Å². The highest BCUT2D eigenvalue weighted by molar-refractivity contribution is 7.99. The number of fused-ring (bicyclic) bond motifs is 3. The van der Waals surface area contributed by atoms with Gasteiger partial charge in [-0.05, 0) is 68.8 Å². The highest BCUT2D eigenvalue weighted by atomic mass is 32.2. The molecule has 0 bridgehead atoms. The van der Waals surface area contributed by atoms with Crippen LogP contribution in [0.1, 0.15) is 54.8 Å². The van der Waals surface area contributed by atoms with Gasteiger partial charge in [0.1, 0.15) is 10.7 Å². The van der Waals surface area contributed by atoms with Crippen molar-refractivity contribution in [3.05, 3.63) is 26.6 Å². The van der Waals surface area contributed by atoms with Crippen molar-refractivity contribution in [1.82, 2.24) is 14.9 Å². The van der Waals surface area contributed by atoms with E-state index in [1.807, 2.05) is 11.9 Å². The number of aromatic nitrogens is 2. The summed E-state index contributed by atoms with van der Waals surface area (Å²) in [6, 6.07) is 0.458. The summed E-state index contributed by atoms with van der Waals surface area (Å²) in [5, 5.41) is 0.806. The number of aryl methyl sites for hydroxylation is 2. The van der Waals surface area contributed by atoms with Gasteiger partial charge >= 0.3 is 0 Å². The number of thiophene rings is 1. The van der Waals surface area contributed by atoms with Gasteiger partial charge < -0.3 is 9.88 Å². The van der Waals surface area contributed by atoms with E-state index in [9.17, 15) is 9.59 Å². The van der Waals surface area contributed by atoms with Crippen LogP contribution in [0.25, 0.3) is 10.2 Å². The van der Waals surface area contributed by atoms with E-state index >= 15 is 0 Å². The molecule has 5 nitrogen and oxygen atoms in total. The van der Waals surface area contributed by atoms with Gasteiger partial charge in [-0.1, -0.05) is 0 Å². The van der Waals surface area contributed by atoms with Crippen LogP contribution >= 0.6 is 23.1 Å². The van der Waals surface area contributed by atoms with Crippen molar-refractivity contribution in [2.45, 2.75) is 63.2 Å². The molecule has 0 aromatic carbocycles. The number of amides is 1. The molecule has 5 rings (SSSR count). The Morgan fingerprint density at radius 2 is 1.96 bits per heavy atom. The van der Waals surface area contributed by atoms with Gasteiger partial charge in [-0.25, -0.2) is 4.98 Å². The molecule has 0 radical (unpaired) electrons. The summed E-state index contributed by atoms with van der Waals surface area (Å²) in [6.45, 7) is 0. The third-order valence-corrected chi connectivity index (χ3v) is 8.50. The van der Waals surface area contributed by atoms with E-state index in [1.165, 1.54) is 42.5 Å². The first-order valence-electron chi connectivity index (χ1n) is 10.5. The molecule has 1 N–H and O–H groups in total. The Labute approximate surface area is 173 Å². The van der Waals surface area contributed by atoms with Crippen molar-refractivity contribution in [3.63, 3.8) is 0 Å². The highest BCUT2D eigenvalue weighted by Crippen LogP contribution is 2.47. The van der Waals surface area contributed by atoms with E-state index in [2.05, 4.69) is 4.98 Å². The molecule has 7 heteroatoms. The minimum atomic E-state index is -0.00836. The van der Waals surface area contributed by atoms with E-state index in [1.54, 1.807) is 23.1 Å². The van der Waals surface area contributed by atoms with Gasteiger partial charge in [0, 0.05) is 18.0 Å². The maximum Gasteiger partial charge on any atom is 0.259 e. The van der Waals surface area contributed by atoms with Crippen LogP contribution in [-0.2, 0) is 23.4 Å². The molecular formula is C21H27N3O2S2. The number of rotatable bonds is 7. The minimum Gasteiger partial charge on any atom is -0.342 e. The van der Waals surface area contributed by atoms with Gasteiger partial charge in [-0.15, -0.1) is 23.1 Å². The van der Waals surface area contributed by atoms with E-state index in [0.29, 0.717) is 23.4 Å². The zero-order valence-electron chi connectivity index (χ0n) is 16.3. The van der Waals surface area contributed by atoms with Crippen LogP contribution in [0, 0.1) is 11.8 Å². The maximum absolute atomic E-state index is 12.7. The molecule has 150 valence electrons. The van der Waals surface area contributed by atoms with Crippen molar-refractivity contribution < 1.29 is 4.79 Å². The van der Waals surface area contributed by atoms with E-state index < -0.39 is 0 Å². The largest absolute Gasteiger partial charge is 0.342 e. The highest BCUT2D eigenvalue weighted by Gasteiger charge is 2.44. The smallest absolute Gasteiger partial charge is 0.259 e. The summed E-state index contributed by atoms with van der Waals surface area (Å²) in [4.78, 5) is 37.2. The van der Waals surface area contributed by atoms with E-state index in [0.717, 1.165) is 41.3 Å². The molecule has 3 aliphatic carbocycles. The number of H-pyrrole nitrogens is 1. The summed E-state index contributed by atoms with van der Waals surface area (Å²) in [5.41, 5.74) is 1.22. The molecule has 0 aliphatic heterocycles. The Bertz CT molecular complexity index is 946. The number of hydrogen-bond acceptors (Lipinski definition) is 5.